The van der Waals surface area contributed by atoms with Gasteiger partial charge in [-0.2, -0.15) is 0 Å². The third-order valence-corrected chi connectivity index (χ3v) is 2.17. The minimum absolute atomic E-state index is 0.215. The molecule has 0 amide bonds. The Morgan fingerprint density at radius 2 is 2.33 bits per heavy atom. The fourth-order valence-electron chi connectivity index (χ4n) is 1.36. The molecular formula is C11H16N2O5. The number of nitrogens with one attached hydrogen (secondary N) is 1. The number of hydrogen-bond acceptors (Lipinski definition) is 6. The Bertz CT molecular complexity index is 402. The van der Waals surface area contributed by atoms with Gasteiger partial charge >= 0.3 is 11.9 Å². The Hall–Kier alpha value is -1.89. The summed E-state index contributed by atoms with van der Waals surface area (Å²) in [6.45, 7) is 3.17. The molecule has 1 heterocycles. The Morgan fingerprint density at radius 1 is 1.56 bits per heavy atom. The summed E-state index contributed by atoms with van der Waals surface area (Å²) in [4.78, 5) is 20.8. The summed E-state index contributed by atoms with van der Waals surface area (Å²) in [5.41, 5.74) is 0. The maximum absolute atomic E-state index is 11.0. The van der Waals surface area contributed by atoms with Gasteiger partial charge < -0.3 is 14.5 Å². The number of carbonyl (C=O) groups is 1. The lowest BCUT2D eigenvalue weighted by Crippen LogP contribution is -2.16. The molecular weight excluding hydrogens is 240 g/mol. The van der Waals surface area contributed by atoms with Gasteiger partial charge in [0.15, 0.2) is 0 Å². The van der Waals surface area contributed by atoms with E-state index in [0.29, 0.717) is 38.3 Å². The highest BCUT2D eigenvalue weighted by molar-refractivity contribution is 5.69. The molecule has 0 atom stereocenters. The first kappa shape index (κ1) is 14.2. The van der Waals surface area contributed by atoms with Crippen LogP contribution in [0.5, 0.6) is 0 Å². The van der Waals surface area contributed by atoms with Gasteiger partial charge in [-0.3, -0.25) is 14.9 Å². The van der Waals surface area contributed by atoms with E-state index < -0.39 is 4.92 Å². The molecule has 0 unspecified atom stereocenters. The fourth-order valence-corrected chi connectivity index (χ4v) is 1.36. The van der Waals surface area contributed by atoms with Crippen molar-refractivity contribution in [2.45, 2.75) is 26.3 Å². The van der Waals surface area contributed by atoms with Gasteiger partial charge in [0.2, 0.25) is 0 Å². The Kier molecular flexibility index (Phi) is 5.86. The number of hydrogen-bond donors (Lipinski definition) is 1. The predicted molar refractivity (Wildman–Crippen MR) is 62.9 cm³/mol. The molecule has 1 aromatic rings. The maximum Gasteiger partial charge on any atom is 0.433 e. The van der Waals surface area contributed by atoms with Crippen LogP contribution in [-0.4, -0.2) is 24.0 Å². The molecule has 0 aliphatic rings. The van der Waals surface area contributed by atoms with Crippen molar-refractivity contribution in [1.82, 2.24) is 5.32 Å². The largest absolute Gasteiger partial charge is 0.466 e. The molecule has 0 fully saturated rings. The molecule has 0 bridgehead atoms. The molecule has 0 radical (unpaired) electrons. The first-order valence-corrected chi connectivity index (χ1v) is 5.73. The zero-order valence-corrected chi connectivity index (χ0v) is 10.2. The second-order valence-corrected chi connectivity index (χ2v) is 3.58. The standard InChI is InChI=1S/C11H16N2O5/c1-2-17-11(14)4-3-7-12-8-9-5-6-10(18-9)13(15)16/h5-6,12H,2-4,7-8H2,1H3. The molecule has 0 aliphatic carbocycles. The third-order valence-electron chi connectivity index (χ3n) is 2.17. The predicted octanol–water partition coefficient (Wildman–Crippen LogP) is 1.62. The minimum atomic E-state index is -0.579. The number of nitrogens with zero attached hydrogens (tertiary/aromatic N) is 1. The first-order valence-electron chi connectivity index (χ1n) is 5.73. The smallest absolute Gasteiger partial charge is 0.433 e. The van der Waals surface area contributed by atoms with Gasteiger partial charge in [0.05, 0.1) is 19.2 Å². The van der Waals surface area contributed by atoms with Gasteiger partial charge in [-0.05, 0) is 26.0 Å². The van der Waals surface area contributed by atoms with Gasteiger partial charge in [0, 0.05) is 6.42 Å². The van der Waals surface area contributed by atoms with Crippen LogP contribution >= 0.6 is 0 Å². The summed E-state index contributed by atoms with van der Waals surface area (Å²) in [7, 11) is 0. The van der Waals surface area contributed by atoms with Crippen LogP contribution in [0.1, 0.15) is 25.5 Å². The molecule has 100 valence electrons. The number of rotatable bonds is 8. The maximum atomic E-state index is 11.0. The number of esters is 1. The number of ether oxygens (including phenoxy) is 1. The summed E-state index contributed by atoms with van der Waals surface area (Å²) in [6, 6.07) is 2.87. The minimum Gasteiger partial charge on any atom is -0.466 e. The van der Waals surface area contributed by atoms with E-state index in [1.165, 1.54) is 6.07 Å². The van der Waals surface area contributed by atoms with Crippen LogP contribution in [0, 0.1) is 10.1 Å². The summed E-state index contributed by atoms with van der Waals surface area (Å²) in [6.07, 6.45) is 1.01. The molecule has 18 heavy (non-hydrogen) atoms. The lowest BCUT2D eigenvalue weighted by Gasteiger charge is -2.02. The lowest BCUT2D eigenvalue weighted by molar-refractivity contribution is -0.402. The Morgan fingerprint density at radius 3 is 2.94 bits per heavy atom. The Labute approximate surface area is 104 Å². The fraction of sp³-hybridized carbons (Fsp3) is 0.545. The van der Waals surface area contributed by atoms with Crippen molar-refractivity contribution < 1.29 is 18.9 Å². The van der Waals surface area contributed by atoms with E-state index in [1.54, 1.807) is 13.0 Å². The van der Waals surface area contributed by atoms with Crippen molar-refractivity contribution >= 4 is 11.9 Å². The topological polar surface area (TPSA) is 94.6 Å². The van der Waals surface area contributed by atoms with Crippen molar-refractivity contribution in [2.24, 2.45) is 0 Å². The highest BCUT2D eigenvalue weighted by atomic mass is 16.6. The number of carbonyl (C=O) groups excluding carboxylic acids is 1. The third kappa shape index (κ3) is 4.96. The summed E-state index contributed by atoms with van der Waals surface area (Å²) in [5.74, 6) is 0.0177. The molecule has 7 nitrogen and oxygen atoms in total. The molecule has 1 N–H and O–H groups in total. The van der Waals surface area contributed by atoms with Crippen molar-refractivity contribution in [3.63, 3.8) is 0 Å². The van der Waals surface area contributed by atoms with E-state index in [1.807, 2.05) is 0 Å². The average molecular weight is 256 g/mol. The van der Waals surface area contributed by atoms with Crippen LogP contribution in [-0.2, 0) is 16.1 Å². The van der Waals surface area contributed by atoms with E-state index in [9.17, 15) is 14.9 Å². The average Bonchev–Trinajstić information content (AvgIpc) is 2.78. The van der Waals surface area contributed by atoms with Crippen LogP contribution in [0.15, 0.2) is 16.5 Å². The molecule has 0 aromatic carbocycles. The molecule has 0 saturated heterocycles. The molecule has 1 rings (SSSR count). The number of furan rings is 1. The van der Waals surface area contributed by atoms with Gasteiger partial charge in [-0.25, -0.2) is 0 Å². The second kappa shape index (κ2) is 7.44. The Balaban J connectivity index is 2.14. The van der Waals surface area contributed by atoms with Crippen molar-refractivity contribution in [3.8, 4) is 0 Å². The van der Waals surface area contributed by atoms with Crippen LogP contribution in [0.25, 0.3) is 0 Å². The summed E-state index contributed by atoms with van der Waals surface area (Å²) < 4.78 is 9.73. The van der Waals surface area contributed by atoms with Crippen molar-refractivity contribution in [3.05, 3.63) is 28.0 Å². The van der Waals surface area contributed by atoms with Crippen molar-refractivity contribution in [2.75, 3.05) is 13.2 Å². The van der Waals surface area contributed by atoms with Gasteiger partial charge in [-0.15, -0.1) is 0 Å². The lowest BCUT2D eigenvalue weighted by atomic mass is 10.3. The van der Waals surface area contributed by atoms with E-state index >= 15 is 0 Å². The zero-order valence-electron chi connectivity index (χ0n) is 10.2. The van der Waals surface area contributed by atoms with Crippen molar-refractivity contribution in [1.29, 1.82) is 0 Å². The second-order valence-electron chi connectivity index (χ2n) is 3.58. The zero-order chi connectivity index (χ0) is 13.4. The van der Waals surface area contributed by atoms with Crippen LogP contribution in [0.4, 0.5) is 5.88 Å². The van der Waals surface area contributed by atoms with Crippen LogP contribution in [0.3, 0.4) is 0 Å². The molecule has 0 aliphatic heterocycles. The van der Waals surface area contributed by atoms with Crippen LogP contribution in [0.2, 0.25) is 0 Å². The molecule has 0 saturated carbocycles. The molecule has 7 heteroatoms. The van der Waals surface area contributed by atoms with E-state index in [0.717, 1.165) is 0 Å². The monoisotopic (exact) mass is 256 g/mol. The number of nitro groups is 1. The van der Waals surface area contributed by atoms with Gasteiger partial charge in [-0.1, -0.05) is 0 Å². The summed E-state index contributed by atoms with van der Waals surface area (Å²) >= 11 is 0. The van der Waals surface area contributed by atoms with E-state index in [-0.39, 0.29) is 11.9 Å². The van der Waals surface area contributed by atoms with E-state index in [2.05, 4.69) is 5.32 Å². The highest BCUT2D eigenvalue weighted by Gasteiger charge is 2.11. The molecule has 0 spiro atoms. The molecule has 1 aromatic heterocycles. The normalized spacial score (nSPS) is 10.3. The van der Waals surface area contributed by atoms with Crippen LogP contribution < -0.4 is 5.32 Å². The van der Waals surface area contributed by atoms with Gasteiger partial charge in [0.1, 0.15) is 10.7 Å². The highest BCUT2D eigenvalue weighted by Crippen LogP contribution is 2.15. The van der Waals surface area contributed by atoms with Gasteiger partial charge in [0.25, 0.3) is 0 Å². The SMILES string of the molecule is CCOC(=O)CCCNCc1ccc([N+](=O)[O-])o1. The summed E-state index contributed by atoms with van der Waals surface area (Å²) in [5, 5.41) is 13.4. The van der Waals surface area contributed by atoms with E-state index in [4.69, 9.17) is 9.15 Å². The quantitative estimate of drug-likeness (QED) is 0.328. The first-order chi connectivity index (χ1) is 8.63.